The van der Waals surface area contributed by atoms with Crippen LogP contribution in [0.5, 0.6) is 0 Å². The predicted molar refractivity (Wildman–Crippen MR) is 63.1 cm³/mol. The van der Waals surface area contributed by atoms with Crippen LogP contribution in [-0.2, 0) is 0 Å². The van der Waals surface area contributed by atoms with Gasteiger partial charge in [0.25, 0.3) is 5.91 Å². The molecule has 1 aromatic heterocycles. The van der Waals surface area contributed by atoms with E-state index in [1.165, 1.54) is 29.5 Å². The average molecular weight is 236 g/mol. The van der Waals surface area contributed by atoms with Crippen LogP contribution in [-0.4, -0.2) is 5.91 Å². The fourth-order valence-electron chi connectivity index (χ4n) is 1.23. The number of nitrogen functional groups attached to an aromatic ring is 1. The smallest absolute Gasteiger partial charge is 0.265 e. The van der Waals surface area contributed by atoms with Gasteiger partial charge >= 0.3 is 0 Å². The summed E-state index contributed by atoms with van der Waals surface area (Å²) in [6.07, 6.45) is 0. The summed E-state index contributed by atoms with van der Waals surface area (Å²) in [5, 5.41) is 4.25. The molecule has 82 valence electrons. The van der Waals surface area contributed by atoms with Crippen LogP contribution < -0.4 is 11.1 Å². The molecule has 0 aliphatic heterocycles. The van der Waals surface area contributed by atoms with Crippen molar-refractivity contribution >= 4 is 28.6 Å². The Kier molecular flexibility index (Phi) is 2.87. The van der Waals surface area contributed by atoms with Gasteiger partial charge in [0.1, 0.15) is 5.82 Å². The molecule has 0 atom stereocenters. The van der Waals surface area contributed by atoms with E-state index in [4.69, 9.17) is 5.73 Å². The first kappa shape index (κ1) is 10.6. The molecule has 2 aromatic rings. The maximum absolute atomic E-state index is 13.3. The summed E-state index contributed by atoms with van der Waals surface area (Å²) >= 11 is 1.29. The Labute approximate surface area is 95.7 Å². The van der Waals surface area contributed by atoms with E-state index in [9.17, 15) is 9.18 Å². The summed E-state index contributed by atoms with van der Waals surface area (Å²) in [5.74, 6) is -0.835. The molecule has 5 heteroatoms. The lowest BCUT2D eigenvalue weighted by molar-refractivity contribution is 0.103. The summed E-state index contributed by atoms with van der Waals surface area (Å²) in [7, 11) is 0. The van der Waals surface area contributed by atoms with Gasteiger partial charge in [0.15, 0.2) is 0 Å². The topological polar surface area (TPSA) is 55.1 Å². The Morgan fingerprint density at radius 1 is 1.38 bits per heavy atom. The van der Waals surface area contributed by atoms with Crippen LogP contribution in [0.2, 0.25) is 0 Å². The van der Waals surface area contributed by atoms with Crippen molar-refractivity contribution in [1.29, 1.82) is 0 Å². The Morgan fingerprint density at radius 3 is 2.88 bits per heavy atom. The minimum Gasteiger partial charge on any atom is -0.399 e. The number of nitrogens with one attached hydrogen (secondary N) is 1. The van der Waals surface area contributed by atoms with Crippen molar-refractivity contribution < 1.29 is 9.18 Å². The second-order valence-corrected chi connectivity index (χ2v) is 4.12. The van der Waals surface area contributed by atoms with Gasteiger partial charge < -0.3 is 11.1 Å². The van der Waals surface area contributed by atoms with Crippen molar-refractivity contribution in [2.24, 2.45) is 0 Å². The van der Waals surface area contributed by atoms with Gasteiger partial charge in [-0.1, -0.05) is 6.07 Å². The van der Waals surface area contributed by atoms with Crippen LogP contribution in [0.15, 0.2) is 35.7 Å². The van der Waals surface area contributed by atoms with E-state index in [1.54, 1.807) is 17.5 Å². The molecule has 0 saturated heterocycles. The molecule has 16 heavy (non-hydrogen) atoms. The van der Waals surface area contributed by atoms with Crippen LogP contribution in [0, 0.1) is 5.82 Å². The molecule has 1 heterocycles. The van der Waals surface area contributed by atoms with Crippen LogP contribution >= 0.6 is 11.3 Å². The highest BCUT2D eigenvalue weighted by Crippen LogP contribution is 2.19. The lowest BCUT2D eigenvalue weighted by atomic mass is 10.2. The molecule has 0 unspecified atom stereocenters. The van der Waals surface area contributed by atoms with E-state index in [0.29, 0.717) is 10.6 Å². The van der Waals surface area contributed by atoms with E-state index < -0.39 is 5.82 Å². The number of amides is 1. The number of carbonyl (C=O) groups excluding carboxylic acids is 1. The van der Waals surface area contributed by atoms with Crippen LogP contribution in [0.3, 0.4) is 0 Å². The third-order valence-electron chi connectivity index (χ3n) is 1.98. The predicted octanol–water partition coefficient (Wildman–Crippen LogP) is 2.72. The number of rotatable bonds is 2. The molecule has 0 bridgehead atoms. The Morgan fingerprint density at radius 2 is 2.19 bits per heavy atom. The zero-order valence-corrected chi connectivity index (χ0v) is 9.05. The minimum absolute atomic E-state index is 0.0957. The lowest BCUT2D eigenvalue weighted by Crippen LogP contribution is -2.11. The number of halogens is 1. The van der Waals surface area contributed by atoms with E-state index in [0.717, 1.165) is 0 Å². The van der Waals surface area contributed by atoms with E-state index in [1.807, 2.05) is 0 Å². The van der Waals surface area contributed by atoms with Gasteiger partial charge in [0.2, 0.25) is 0 Å². The molecule has 0 aliphatic carbocycles. The normalized spacial score (nSPS) is 10.1. The standard InChI is InChI=1S/C11H9FN2OS/c12-8-4-3-7(13)6-9(8)14-11(15)10-2-1-5-16-10/h1-6H,13H2,(H,14,15). The van der Waals surface area contributed by atoms with Crippen LogP contribution in [0.4, 0.5) is 15.8 Å². The maximum atomic E-state index is 13.3. The van der Waals surface area contributed by atoms with Gasteiger partial charge in [-0.25, -0.2) is 4.39 Å². The van der Waals surface area contributed by atoms with Gasteiger partial charge in [-0.15, -0.1) is 11.3 Å². The van der Waals surface area contributed by atoms with Crippen LogP contribution in [0.25, 0.3) is 0 Å². The summed E-state index contributed by atoms with van der Waals surface area (Å²) in [6, 6.07) is 7.48. The van der Waals surface area contributed by atoms with E-state index in [-0.39, 0.29) is 11.6 Å². The first-order valence-electron chi connectivity index (χ1n) is 4.56. The molecule has 0 spiro atoms. The minimum atomic E-state index is -0.501. The van der Waals surface area contributed by atoms with E-state index in [2.05, 4.69) is 5.32 Å². The maximum Gasteiger partial charge on any atom is 0.265 e. The van der Waals surface area contributed by atoms with E-state index >= 15 is 0 Å². The van der Waals surface area contributed by atoms with Gasteiger partial charge in [-0.05, 0) is 29.6 Å². The average Bonchev–Trinajstić information content (AvgIpc) is 2.76. The number of hydrogen-bond acceptors (Lipinski definition) is 3. The first-order chi connectivity index (χ1) is 7.66. The molecule has 1 aromatic carbocycles. The summed E-state index contributed by atoms with van der Waals surface area (Å²) in [4.78, 5) is 12.2. The molecular formula is C11H9FN2OS. The van der Waals surface area contributed by atoms with Crippen molar-refractivity contribution in [3.8, 4) is 0 Å². The molecule has 3 nitrogen and oxygen atoms in total. The second kappa shape index (κ2) is 4.32. The van der Waals surface area contributed by atoms with Crippen molar-refractivity contribution in [3.63, 3.8) is 0 Å². The Bertz CT molecular complexity index is 511. The summed E-state index contributed by atoms with van der Waals surface area (Å²) in [6.45, 7) is 0. The van der Waals surface area contributed by atoms with Crippen molar-refractivity contribution in [2.75, 3.05) is 11.1 Å². The van der Waals surface area contributed by atoms with Crippen molar-refractivity contribution in [1.82, 2.24) is 0 Å². The number of nitrogens with two attached hydrogens (primary N) is 1. The number of hydrogen-bond donors (Lipinski definition) is 2. The fraction of sp³-hybridized carbons (Fsp3) is 0. The van der Waals surface area contributed by atoms with Crippen molar-refractivity contribution in [2.45, 2.75) is 0 Å². The molecule has 2 rings (SSSR count). The highest BCUT2D eigenvalue weighted by atomic mass is 32.1. The SMILES string of the molecule is Nc1ccc(F)c(NC(=O)c2cccs2)c1. The van der Waals surface area contributed by atoms with Gasteiger partial charge in [0, 0.05) is 5.69 Å². The molecule has 0 aliphatic rings. The summed E-state index contributed by atoms with van der Waals surface area (Å²) < 4.78 is 13.3. The Hall–Kier alpha value is -1.88. The van der Waals surface area contributed by atoms with Gasteiger partial charge in [0.05, 0.1) is 10.6 Å². The monoisotopic (exact) mass is 236 g/mol. The van der Waals surface area contributed by atoms with Crippen LogP contribution in [0.1, 0.15) is 9.67 Å². The zero-order valence-electron chi connectivity index (χ0n) is 8.24. The highest BCUT2D eigenvalue weighted by molar-refractivity contribution is 7.12. The third-order valence-corrected chi connectivity index (χ3v) is 2.85. The quantitative estimate of drug-likeness (QED) is 0.788. The number of thiophene rings is 1. The molecule has 3 N–H and O–H groups in total. The molecule has 1 amide bonds. The summed E-state index contributed by atoms with van der Waals surface area (Å²) in [5.41, 5.74) is 6.01. The van der Waals surface area contributed by atoms with Gasteiger partial charge in [-0.3, -0.25) is 4.79 Å². The Balaban J connectivity index is 2.21. The molecular weight excluding hydrogens is 227 g/mol. The molecule has 0 saturated carbocycles. The third kappa shape index (κ3) is 2.20. The van der Waals surface area contributed by atoms with Gasteiger partial charge in [-0.2, -0.15) is 0 Å². The fourth-order valence-corrected chi connectivity index (χ4v) is 1.85. The number of carbonyl (C=O) groups is 1. The zero-order chi connectivity index (χ0) is 11.5. The first-order valence-corrected chi connectivity index (χ1v) is 5.44. The highest BCUT2D eigenvalue weighted by Gasteiger charge is 2.09. The van der Waals surface area contributed by atoms with Crippen molar-refractivity contribution in [3.05, 3.63) is 46.4 Å². The number of benzene rings is 1. The number of anilines is 2. The lowest BCUT2D eigenvalue weighted by Gasteiger charge is -2.05. The largest absolute Gasteiger partial charge is 0.399 e. The molecule has 0 fully saturated rings. The molecule has 0 radical (unpaired) electrons. The second-order valence-electron chi connectivity index (χ2n) is 3.17.